The van der Waals surface area contributed by atoms with Gasteiger partial charge >= 0.3 is 0 Å². The van der Waals surface area contributed by atoms with E-state index in [0.717, 1.165) is 36.4 Å². The summed E-state index contributed by atoms with van der Waals surface area (Å²) in [5, 5.41) is 7.47. The molecule has 4 rings (SSSR count). The van der Waals surface area contributed by atoms with Gasteiger partial charge in [-0.3, -0.25) is 9.78 Å². The van der Waals surface area contributed by atoms with E-state index >= 15 is 0 Å². The number of nitrogens with zero attached hydrogens (tertiary/aromatic N) is 3. The van der Waals surface area contributed by atoms with Crippen molar-refractivity contribution in [1.29, 1.82) is 0 Å². The molecule has 1 aliphatic rings. The van der Waals surface area contributed by atoms with Gasteiger partial charge in [-0.15, -0.1) is 0 Å². The molecule has 0 spiro atoms. The van der Waals surface area contributed by atoms with Crippen molar-refractivity contribution in [2.45, 2.75) is 18.9 Å². The summed E-state index contributed by atoms with van der Waals surface area (Å²) in [6.07, 6.45) is 5.63. The number of carbonyl (C=O) groups excluding carboxylic acids is 1. The van der Waals surface area contributed by atoms with Crippen LogP contribution in [0.5, 0.6) is 0 Å². The van der Waals surface area contributed by atoms with Crippen molar-refractivity contribution in [2.24, 2.45) is 0 Å². The number of rotatable bonds is 5. The van der Waals surface area contributed by atoms with Crippen LogP contribution in [0.1, 0.15) is 23.3 Å². The largest absolute Gasteiger partial charge is 0.376 e. The maximum Gasteiger partial charge on any atom is 0.271 e. The summed E-state index contributed by atoms with van der Waals surface area (Å²) in [5.74, 6) is -0.194. The second-order valence-corrected chi connectivity index (χ2v) is 6.25. The summed E-state index contributed by atoms with van der Waals surface area (Å²) in [6.45, 7) is 1.29. The number of carbonyl (C=O) groups is 1. The van der Waals surface area contributed by atoms with Gasteiger partial charge in [0, 0.05) is 31.1 Å². The Morgan fingerprint density at radius 2 is 2.12 bits per heavy atom. The molecular formula is C20H20N4O2. The molecule has 0 bridgehead atoms. The predicted molar refractivity (Wildman–Crippen MR) is 98.1 cm³/mol. The van der Waals surface area contributed by atoms with E-state index in [1.807, 2.05) is 42.5 Å². The molecule has 6 heteroatoms. The van der Waals surface area contributed by atoms with Gasteiger partial charge in [0.05, 0.1) is 17.5 Å². The molecule has 132 valence electrons. The van der Waals surface area contributed by atoms with Gasteiger partial charge in [-0.2, -0.15) is 5.10 Å². The number of pyridine rings is 1. The number of para-hydroxylation sites is 1. The topological polar surface area (TPSA) is 69.0 Å². The van der Waals surface area contributed by atoms with E-state index in [2.05, 4.69) is 15.4 Å². The number of ether oxygens (including phenoxy) is 1. The minimum atomic E-state index is -0.194. The highest BCUT2D eigenvalue weighted by Crippen LogP contribution is 2.23. The van der Waals surface area contributed by atoms with Crippen molar-refractivity contribution in [1.82, 2.24) is 20.1 Å². The zero-order valence-corrected chi connectivity index (χ0v) is 14.3. The lowest BCUT2D eigenvalue weighted by molar-refractivity contribution is 0.0853. The van der Waals surface area contributed by atoms with Crippen LogP contribution in [0.25, 0.3) is 16.9 Å². The molecule has 26 heavy (non-hydrogen) atoms. The zero-order chi connectivity index (χ0) is 17.8. The highest BCUT2D eigenvalue weighted by atomic mass is 16.5. The van der Waals surface area contributed by atoms with Gasteiger partial charge in [-0.25, -0.2) is 4.68 Å². The Kier molecular flexibility index (Phi) is 4.75. The Morgan fingerprint density at radius 1 is 1.23 bits per heavy atom. The van der Waals surface area contributed by atoms with Crippen LogP contribution >= 0.6 is 0 Å². The number of amides is 1. The van der Waals surface area contributed by atoms with Crippen molar-refractivity contribution < 1.29 is 9.53 Å². The van der Waals surface area contributed by atoms with Gasteiger partial charge in [0.1, 0.15) is 0 Å². The van der Waals surface area contributed by atoms with Crippen molar-refractivity contribution in [2.75, 3.05) is 13.2 Å². The van der Waals surface area contributed by atoms with Crippen LogP contribution in [0.2, 0.25) is 0 Å². The summed E-state index contributed by atoms with van der Waals surface area (Å²) in [5.41, 5.74) is 3.00. The Balaban J connectivity index is 1.63. The minimum Gasteiger partial charge on any atom is -0.376 e. The molecule has 0 saturated carbocycles. The van der Waals surface area contributed by atoms with E-state index in [1.54, 1.807) is 23.1 Å². The average molecular weight is 348 g/mol. The predicted octanol–water partition coefficient (Wildman–Crippen LogP) is 2.84. The maximum atomic E-state index is 12.6. The van der Waals surface area contributed by atoms with E-state index in [1.165, 1.54) is 0 Å². The van der Waals surface area contributed by atoms with Gasteiger partial charge in [-0.05, 0) is 43.2 Å². The first-order valence-corrected chi connectivity index (χ1v) is 8.77. The fourth-order valence-electron chi connectivity index (χ4n) is 3.08. The number of hydrogen-bond acceptors (Lipinski definition) is 4. The molecule has 1 atom stereocenters. The normalized spacial score (nSPS) is 16.5. The van der Waals surface area contributed by atoms with Gasteiger partial charge in [-0.1, -0.05) is 18.2 Å². The number of aromatic nitrogens is 3. The SMILES string of the molecule is O=C(NC[C@H]1CCCO1)c1cc(-c2cccnc2)n(-c2ccccc2)n1. The monoisotopic (exact) mass is 348 g/mol. The van der Waals surface area contributed by atoms with Crippen LogP contribution in [-0.4, -0.2) is 39.9 Å². The molecule has 1 aliphatic heterocycles. The van der Waals surface area contributed by atoms with Crippen molar-refractivity contribution in [3.63, 3.8) is 0 Å². The lowest BCUT2D eigenvalue weighted by Crippen LogP contribution is -2.32. The summed E-state index contributed by atoms with van der Waals surface area (Å²) in [7, 11) is 0. The number of benzene rings is 1. The summed E-state index contributed by atoms with van der Waals surface area (Å²) < 4.78 is 7.33. The van der Waals surface area contributed by atoms with Crippen LogP contribution in [0.4, 0.5) is 0 Å². The van der Waals surface area contributed by atoms with Crippen molar-refractivity contribution in [3.8, 4) is 16.9 Å². The fraction of sp³-hybridized carbons (Fsp3) is 0.250. The van der Waals surface area contributed by atoms with E-state index in [9.17, 15) is 4.79 Å². The molecule has 1 amide bonds. The quantitative estimate of drug-likeness (QED) is 0.770. The van der Waals surface area contributed by atoms with Gasteiger partial charge in [0.2, 0.25) is 0 Å². The molecule has 0 radical (unpaired) electrons. The second kappa shape index (κ2) is 7.49. The van der Waals surface area contributed by atoms with Gasteiger partial charge in [0.15, 0.2) is 5.69 Å². The minimum absolute atomic E-state index is 0.105. The number of hydrogen-bond donors (Lipinski definition) is 1. The maximum absolute atomic E-state index is 12.6. The first-order valence-electron chi connectivity index (χ1n) is 8.77. The van der Waals surface area contributed by atoms with Crippen LogP contribution in [0, 0.1) is 0 Å². The lowest BCUT2D eigenvalue weighted by atomic mass is 10.2. The van der Waals surface area contributed by atoms with Crippen LogP contribution in [0.15, 0.2) is 60.9 Å². The molecule has 0 unspecified atom stereocenters. The second-order valence-electron chi connectivity index (χ2n) is 6.25. The highest BCUT2D eigenvalue weighted by Gasteiger charge is 2.20. The summed E-state index contributed by atoms with van der Waals surface area (Å²) >= 11 is 0. The number of nitrogens with one attached hydrogen (secondary N) is 1. The Bertz CT molecular complexity index is 814. The lowest BCUT2D eigenvalue weighted by Gasteiger charge is -2.09. The van der Waals surface area contributed by atoms with Gasteiger partial charge in [0.25, 0.3) is 5.91 Å². The summed E-state index contributed by atoms with van der Waals surface area (Å²) in [4.78, 5) is 16.8. The van der Waals surface area contributed by atoms with E-state index in [-0.39, 0.29) is 12.0 Å². The van der Waals surface area contributed by atoms with E-state index < -0.39 is 0 Å². The Morgan fingerprint density at radius 3 is 2.85 bits per heavy atom. The highest BCUT2D eigenvalue weighted by molar-refractivity contribution is 5.93. The van der Waals surface area contributed by atoms with E-state index in [4.69, 9.17) is 4.74 Å². The molecule has 2 aromatic heterocycles. The average Bonchev–Trinajstić information content (AvgIpc) is 3.37. The van der Waals surface area contributed by atoms with Crippen molar-refractivity contribution in [3.05, 3.63) is 66.6 Å². The smallest absolute Gasteiger partial charge is 0.271 e. The summed E-state index contributed by atoms with van der Waals surface area (Å²) in [6, 6.07) is 15.4. The van der Waals surface area contributed by atoms with Crippen LogP contribution < -0.4 is 5.32 Å². The van der Waals surface area contributed by atoms with Crippen LogP contribution in [-0.2, 0) is 4.74 Å². The molecule has 3 heterocycles. The first kappa shape index (κ1) is 16.5. The van der Waals surface area contributed by atoms with E-state index in [0.29, 0.717) is 12.2 Å². The van der Waals surface area contributed by atoms with Gasteiger partial charge < -0.3 is 10.1 Å². The molecule has 0 aliphatic carbocycles. The first-order chi connectivity index (χ1) is 12.8. The molecule has 6 nitrogen and oxygen atoms in total. The Labute approximate surface area is 151 Å². The molecule has 1 aromatic carbocycles. The zero-order valence-electron chi connectivity index (χ0n) is 14.3. The molecule has 1 fully saturated rings. The standard InChI is InChI=1S/C20H20N4O2/c25-20(22-14-17-9-5-11-26-17)18-12-19(15-6-4-10-21-13-15)24(23-18)16-7-2-1-3-8-16/h1-4,6-8,10,12-13,17H,5,9,11,14H2,(H,22,25)/t17-/m1/s1. The third-order valence-electron chi connectivity index (χ3n) is 4.41. The van der Waals surface area contributed by atoms with Crippen LogP contribution in [0.3, 0.4) is 0 Å². The van der Waals surface area contributed by atoms with Crippen molar-refractivity contribution >= 4 is 5.91 Å². The molecule has 1 saturated heterocycles. The third kappa shape index (κ3) is 3.50. The molecule has 1 N–H and O–H groups in total. The molecule has 3 aromatic rings. The third-order valence-corrected chi connectivity index (χ3v) is 4.41. The fourth-order valence-corrected chi connectivity index (χ4v) is 3.08. The Hall–Kier alpha value is -2.99. The molecular weight excluding hydrogens is 328 g/mol.